The third kappa shape index (κ3) is 4.45. The molecular weight excluding hydrogens is 337 g/mol. The molecule has 0 saturated carbocycles. The fraction of sp³-hybridized carbons (Fsp3) is 0.143. The van der Waals surface area contributed by atoms with E-state index in [-0.39, 0.29) is 10.2 Å². The van der Waals surface area contributed by atoms with Crippen LogP contribution >= 0.6 is 15.9 Å². The van der Waals surface area contributed by atoms with Gasteiger partial charge in [0.15, 0.2) is 0 Å². The predicted molar refractivity (Wildman–Crippen MR) is 71.6 cm³/mol. The molecule has 106 valence electrons. The Labute approximate surface area is 122 Å². The number of ether oxygens (including phenoxy) is 2. The average Bonchev–Trinajstić information content (AvgIpc) is 2.39. The first-order valence-electron chi connectivity index (χ1n) is 5.66. The van der Waals surface area contributed by atoms with Gasteiger partial charge in [-0.1, -0.05) is 30.3 Å². The van der Waals surface area contributed by atoms with Crippen molar-refractivity contribution in [2.24, 2.45) is 0 Å². The fourth-order valence-electron chi connectivity index (χ4n) is 1.52. The van der Waals surface area contributed by atoms with Gasteiger partial charge in [-0.25, -0.2) is 0 Å². The molecule has 0 bridgehead atoms. The summed E-state index contributed by atoms with van der Waals surface area (Å²) in [7, 11) is 0. The van der Waals surface area contributed by atoms with Crippen LogP contribution in [0.25, 0.3) is 0 Å². The third-order valence-corrected chi connectivity index (χ3v) is 3.00. The number of alkyl halides is 3. The molecule has 0 unspecified atom stereocenters. The van der Waals surface area contributed by atoms with Crippen molar-refractivity contribution in [3.8, 4) is 11.5 Å². The Kier molecular flexibility index (Phi) is 4.54. The molecule has 2 aromatic rings. The SMILES string of the molecule is FC(F)(F)Oc1ccc(OCc2ccccc2)cc1Br. The number of halogens is 4. The van der Waals surface area contributed by atoms with Crippen molar-refractivity contribution in [3.05, 3.63) is 58.6 Å². The molecule has 0 aliphatic rings. The topological polar surface area (TPSA) is 18.5 Å². The third-order valence-electron chi connectivity index (χ3n) is 2.38. The van der Waals surface area contributed by atoms with Crippen LogP contribution in [0.3, 0.4) is 0 Å². The Balaban J connectivity index is 2.02. The summed E-state index contributed by atoms with van der Waals surface area (Å²) in [5.41, 5.74) is 0.972. The predicted octanol–water partition coefficient (Wildman–Crippen LogP) is 4.93. The molecule has 0 aliphatic heterocycles. The monoisotopic (exact) mass is 346 g/mol. The second-order valence-electron chi connectivity index (χ2n) is 3.91. The lowest BCUT2D eigenvalue weighted by molar-refractivity contribution is -0.274. The lowest BCUT2D eigenvalue weighted by Gasteiger charge is -2.12. The van der Waals surface area contributed by atoms with Gasteiger partial charge in [0.1, 0.15) is 18.1 Å². The van der Waals surface area contributed by atoms with Crippen LogP contribution < -0.4 is 9.47 Å². The van der Waals surface area contributed by atoms with Crippen LogP contribution in [0.5, 0.6) is 11.5 Å². The van der Waals surface area contributed by atoms with E-state index >= 15 is 0 Å². The van der Waals surface area contributed by atoms with Crippen molar-refractivity contribution in [2.75, 3.05) is 0 Å². The van der Waals surface area contributed by atoms with Crippen molar-refractivity contribution >= 4 is 15.9 Å². The number of hydrogen-bond donors (Lipinski definition) is 0. The lowest BCUT2D eigenvalue weighted by atomic mass is 10.2. The molecule has 0 radical (unpaired) electrons. The van der Waals surface area contributed by atoms with Gasteiger partial charge in [-0.3, -0.25) is 0 Å². The smallest absolute Gasteiger partial charge is 0.489 e. The zero-order chi connectivity index (χ0) is 14.6. The highest BCUT2D eigenvalue weighted by atomic mass is 79.9. The number of benzene rings is 2. The summed E-state index contributed by atoms with van der Waals surface area (Å²) in [6.45, 7) is 0.340. The molecule has 0 heterocycles. The maximum absolute atomic E-state index is 12.1. The molecule has 0 spiro atoms. The first-order valence-corrected chi connectivity index (χ1v) is 6.45. The first-order chi connectivity index (χ1) is 9.44. The number of rotatable bonds is 4. The van der Waals surface area contributed by atoms with E-state index < -0.39 is 6.36 Å². The van der Waals surface area contributed by atoms with Gasteiger partial charge < -0.3 is 9.47 Å². The van der Waals surface area contributed by atoms with Gasteiger partial charge in [-0.2, -0.15) is 0 Å². The van der Waals surface area contributed by atoms with Crippen LogP contribution in [0.2, 0.25) is 0 Å². The average molecular weight is 347 g/mol. The van der Waals surface area contributed by atoms with Crippen LogP contribution in [-0.2, 0) is 6.61 Å². The van der Waals surface area contributed by atoms with E-state index in [4.69, 9.17) is 4.74 Å². The highest BCUT2D eigenvalue weighted by molar-refractivity contribution is 9.10. The van der Waals surface area contributed by atoms with Crippen LogP contribution in [0.1, 0.15) is 5.56 Å². The zero-order valence-corrected chi connectivity index (χ0v) is 11.7. The van der Waals surface area contributed by atoms with Crippen molar-refractivity contribution < 1.29 is 22.6 Å². The summed E-state index contributed by atoms with van der Waals surface area (Å²) in [6, 6.07) is 13.5. The molecule has 0 N–H and O–H groups in total. The Morgan fingerprint density at radius 3 is 2.30 bits per heavy atom. The quantitative estimate of drug-likeness (QED) is 0.781. The van der Waals surface area contributed by atoms with Crippen molar-refractivity contribution in [3.63, 3.8) is 0 Å². The van der Waals surface area contributed by atoms with E-state index in [2.05, 4.69) is 20.7 Å². The van der Waals surface area contributed by atoms with E-state index in [0.717, 1.165) is 5.56 Å². The Hall–Kier alpha value is -1.69. The largest absolute Gasteiger partial charge is 0.573 e. The fourth-order valence-corrected chi connectivity index (χ4v) is 1.96. The van der Waals surface area contributed by atoms with Gasteiger partial charge in [0, 0.05) is 0 Å². The van der Waals surface area contributed by atoms with Crippen LogP contribution in [0.15, 0.2) is 53.0 Å². The summed E-state index contributed by atoms with van der Waals surface area (Å²) >= 11 is 3.02. The molecular formula is C14H10BrF3O2. The molecule has 2 rings (SSSR count). The standard InChI is InChI=1S/C14H10BrF3O2/c15-12-8-11(6-7-13(12)20-14(16,17)18)19-9-10-4-2-1-3-5-10/h1-8H,9H2. The highest BCUT2D eigenvalue weighted by Gasteiger charge is 2.31. The summed E-state index contributed by atoms with van der Waals surface area (Å²) in [5.74, 6) is 0.153. The van der Waals surface area contributed by atoms with Gasteiger partial charge in [-0.05, 0) is 39.7 Å². The minimum atomic E-state index is -4.71. The molecule has 0 atom stereocenters. The summed E-state index contributed by atoms with van der Waals surface area (Å²) in [4.78, 5) is 0. The molecule has 0 amide bonds. The van der Waals surface area contributed by atoms with Gasteiger partial charge in [-0.15, -0.1) is 13.2 Å². The van der Waals surface area contributed by atoms with Crippen molar-refractivity contribution in [1.82, 2.24) is 0 Å². The molecule has 0 aromatic heterocycles. The Bertz CT molecular complexity index is 570. The Morgan fingerprint density at radius 1 is 1.00 bits per heavy atom. The normalized spacial score (nSPS) is 11.2. The minimum absolute atomic E-state index is 0.181. The van der Waals surface area contributed by atoms with Crippen LogP contribution in [0, 0.1) is 0 Å². The first kappa shape index (κ1) is 14.7. The molecule has 0 saturated heterocycles. The van der Waals surface area contributed by atoms with Crippen molar-refractivity contribution in [2.45, 2.75) is 13.0 Å². The van der Waals surface area contributed by atoms with Crippen LogP contribution in [0.4, 0.5) is 13.2 Å². The van der Waals surface area contributed by atoms with Gasteiger partial charge in [0.2, 0.25) is 0 Å². The maximum atomic E-state index is 12.1. The molecule has 0 aliphatic carbocycles. The zero-order valence-electron chi connectivity index (χ0n) is 10.2. The van der Waals surface area contributed by atoms with Gasteiger partial charge in [0.05, 0.1) is 4.47 Å². The van der Waals surface area contributed by atoms with E-state index in [0.29, 0.717) is 12.4 Å². The van der Waals surface area contributed by atoms with E-state index in [1.165, 1.54) is 18.2 Å². The Morgan fingerprint density at radius 2 is 1.70 bits per heavy atom. The molecule has 2 aromatic carbocycles. The molecule has 20 heavy (non-hydrogen) atoms. The second-order valence-corrected chi connectivity index (χ2v) is 4.77. The lowest BCUT2D eigenvalue weighted by Crippen LogP contribution is -2.17. The van der Waals surface area contributed by atoms with Crippen molar-refractivity contribution in [1.29, 1.82) is 0 Å². The summed E-state index contributed by atoms with van der Waals surface area (Å²) in [5, 5.41) is 0. The van der Waals surface area contributed by atoms with E-state index in [1.54, 1.807) is 0 Å². The molecule has 6 heteroatoms. The van der Waals surface area contributed by atoms with Gasteiger partial charge in [0.25, 0.3) is 0 Å². The van der Waals surface area contributed by atoms with E-state index in [9.17, 15) is 13.2 Å². The summed E-state index contributed by atoms with van der Waals surface area (Å²) < 4.78 is 45.9. The summed E-state index contributed by atoms with van der Waals surface area (Å²) in [6.07, 6.45) is -4.71. The second kappa shape index (κ2) is 6.17. The molecule has 2 nitrogen and oxygen atoms in total. The van der Waals surface area contributed by atoms with Gasteiger partial charge >= 0.3 is 6.36 Å². The van der Waals surface area contributed by atoms with Crippen LogP contribution in [-0.4, -0.2) is 6.36 Å². The highest BCUT2D eigenvalue weighted by Crippen LogP contribution is 2.33. The molecule has 0 fully saturated rings. The van der Waals surface area contributed by atoms with E-state index in [1.807, 2.05) is 30.3 Å². The minimum Gasteiger partial charge on any atom is -0.489 e. The number of hydrogen-bond acceptors (Lipinski definition) is 2. The maximum Gasteiger partial charge on any atom is 0.573 e.